The van der Waals surface area contributed by atoms with Crippen LogP contribution in [-0.4, -0.2) is 29.0 Å². The number of amides is 1. The Morgan fingerprint density at radius 1 is 1.18 bits per heavy atom. The van der Waals surface area contributed by atoms with Gasteiger partial charge in [0.2, 0.25) is 5.91 Å². The molecule has 170 valence electrons. The van der Waals surface area contributed by atoms with E-state index in [1.807, 2.05) is 6.07 Å². The highest BCUT2D eigenvalue weighted by Crippen LogP contribution is 2.42. The number of benzene rings is 2. The smallest absolute Gasteiger partial charge is 0.462 e. The van der Waals surface area contributed by atoms with E-state index in [2.05, 4.69) is 14.6 Å². The van der Waals surface area contributed by atoms with Crippen LogP contribution < -0.4 is 19.9 Å². The number of rotatable bonds is 4. The lowest BCUT2D eigenvalue weighted by Crippen LogP contribution is -2.35. The molecule has 1 amide bonds. The van der Waals surface area contributed by atoms with Crippen molar-refractivity contribution in [2.45, 2.75) is 12.8 Å². The molecule has 1 aliphatic heterocycles. The minimum atomic E-state index is -3.78. The number of alkyl halides is 2. The third-order valence-electron chi connectivity index (χ3n) is 5.26. The van der Waals surface area contributed by atoms with Gasteiger partial charge in [-0.25, -0.2) is 4.68 Å². The van der Waals surface area contributed by atoms with Crippen LogP contribution in [0.5, 0.6) is 11.5 Å². The molecule has 4 aromatic rings. The molecular weight excluding hydrogens is 450 g/mol. The molecular formula is C23H14F2N4O5. The zero-order valence-electron chi connectivity index (χ0n) is 17.5. The summed E-state index contributed by atoms with van der Waals surface area (Å²) in [7, 11) is 1.43. The van der Waals surface area contributed by atoms with Crippen molar-refractivity contribution in [2.75, 3.05) is 11.9 Å². The number of carbonyl (C=O) groups excluding carboxylic acids is 1. The summed E-state index contributed by atoms with van der Waals surface area (Å²) in [6, 6.07) is 14.0. The Hall–Kier alpha value is -4.72. The van der Waals surface area contributed by atoms with E-state index >= 15 is 0 Å². The number of likely N-dealkylation sites (N-methyl/N-ethyl adjacent to an activating group) is 1. The molecule has 5 rings (SSSR count). The SMILES string of the molecule is CN(C(=O)Cn1nc(-c2cccc(C#N)c2)c2occc2c1=O)c1ccc2c(c1)OC(F)(F)O2. The number of halogens is 2. The zero-order valence-corrected chi connectivity index (χ0v) is 17.5. The number of furan rings is 1. The number of nitrogens with zero attached hydrogens (tertiary/aromatic N) is 4. The van der Waals surface area contributed by atoms with Crippen LogP contribution in [-0.2, 0) is 11.3 Å². The highest BCUT2D eigenvalue weighted by Gasteiger charge is 2.43. The van der Waals surface area contributed by atoms with Crippen LogP contribution in [0.3, 0.4) is 0 Å². The molecule has 0 aliphatic carbocycles. The van der Waals surface area contributed by atoms with E-state index in [4.69, 9.17) is 4.42 Å². The second-order valence-electron chi connectivity index (χ2n) is 7.42. The van der Waals surface area contributed by atoms with Gasteiger partial charge in [0.1, 0.15) is 12.2 Å². The van der Waals surface area contributed by atoms with Gasteiger partial charge < -0.3 is 18.8 Å². The van der Waals surface area contributed by atoms with Gasteiger partial charge in [-0.05, 0) is 30.3 Å². The Labute approximate surface area is 189 Å². The van der Waals surface area contributed by atoms with Gasteiger partial charge in [0.05, 0.1) is 23.3 Å². The Morgan fingerprint density at radius 2 is 1.97 bits per heavy atom. The summed E-state index contributed by atoms with van der Waals surface area (Å²) in [6.45, 7) is -0.438. The summed E-state index contributed by atoms with van der Waals surface area (Å²) in [4.78, 5) is 27.1. The largest absolute Gasteiger partial charge is 0.586 e. The van der Waals surface area contributed by atoms with E-state index in [9.17, 15) is 23.6 Å². The lowest BCUT2D eigenvalue weighted by atomic mass is 10.1. The maximum Gasteiger partial charge on any atom is 0.586 e. The van der Waals surface area contributed by atoms with Crippen LogP contribution >= 0.6 is 0 Å². The van der Waals surface area contributed by atoms with E-state index in [-0.39, 0.29) is 33.8 Å². The number of aromatic nitrogens is 2. The minimum Gasteiger partial charge on any atom is -0.462 e. The Balaban J connectivity index is 1.48. The van der Waals surface area contributed by atoms with Crippen molar-refractivity contribution in [3.63, 3.8) is 0 Å². The molecule has 2 aromatic carbocycles. The summed E-state index contributed by atoms with van der Waals surface area (Å²) < 4.78 is 41.8. The summed E-state index contributed by atoms with van der Waals surface area (Å²) >= 11 is 0. The first-order valence-corrected chi connectivity index (χ1v) is 9.91. The van der Waals surface area contributed by atoms with Gasteiger partial charge in [-0.3, -0.25) is 9.59 Å². The fraction of sp³-hybridized carbons (Fsp3) is 0.130. The molecule has 0 bridgehead atoms. The van der Waals surface area contributed by atoms with Crippen LogP contribution in [0.25, 0.3) is 22.2 Å². The number of hydrogen-bond donors (Lipinski definition) is 0. The van der Waals surface area contributed by atoms with Crippen molar-refractivity contribution in [3.05, 3.63) is 70.7 Å². The molecule has 2 aromatic heterocycles. The number of anilines is 1. The van der Waals surface area contributed by atoms with Crippen molar-refractivity contribution in [2.24, 2.45) is 0 Å². The molecule has 0 fully saturated rings. The van der Waals surface area contributed by atoms with E-state index in [1.165, 1.54) is 42.5 Å². The molecule has 0 saturated heterocycles. The average molecular weight is 464 g/mol. The quantitative estimate of drug-likeness (QED) is 0.454. The molecule has 34 heavy (non-hydrogen) atoms. The third kappa shape index (κ3) is 3.61. The van der Waals surface area contributed by atoms with Crippen molar-refractivity contribution < 1.29 is 27.5 Å². The van der Waals surface area contributed by atoms with Gasteiger partial charge in [-0.1, -0.05) is 12.1 Å². The first kappa shape index (κ1) is 21.1. The molecule has 0 spiro atoms. The number of hydrogen-bond acceptors (Lipinski definition) is 7. The van der Waals surface area contributed by atoms with E-state index < -0.39 is 24.3 Å². The van der Waals surface area contributed by atoms with Crippen LogP contribution in [0.2, 0.25) is 0 Å². The summed E-state index contributed by atoms with van der Waals surface area (Å²) in [5.74, 6) is -0.904. The summed E-state index contributed by atoms with van der Waals surface area (Å²) in [6.07, 6.45) is -2.44. The monoisotopic (exact) mass is 464 g/mol. The number of fused-ring (bicyclic) bond motifs is 2. The molecule has 3 heterocycles. The van der Waals surface area contributed by atoms with Gasteiger partial charge in [-0.15, -0.1) is 8.78 Å². The lowest BCUT2D eigenvalue weighted by molar-refractivity contribution is -0.286. The molecule has 9 nitrogen and oxygen atoms in total. The van der Waals surface area contributed by atoms with Crippen LogP contribution in [0, 0.1) is 11.3 Å². The summed E-state index contributed by atoms with van der Waals surface area (Å²) in [5, 5.41) is 13.7. The minimum absolute atomic E-state index is 0.151. The fourth-order valence-electron chi connectivity index (χ4n) is 3.57. The van der Waals surface area contributed by atoms with E-state index in [0.717, 1.165) is 4.68 Å². The van der Waals surface area contributed by atoms with Crippen LogP contribution in [0.4, 0.5) is 14.5 Å². The van der Waals surface area contributed by atoms with Crippen LogP contribution in [0.15, 0.2) is 64.0 Å². The average Bonchev–Trinajstić information content (AvgIpc) is 3.43. The van der Waals surface area contributed by atoms with E-state index in [0.29, 0.717) is 11.1 Å². The number of carbonyl (C=O) groups is 1. The topological polar surface area (TPSA) is 111 Å². The predicted octanol–water partition coefficient (Wildman–Crippen LogP) is 3.51. The molecule has 0 unspecified atom stereocenters. The second kappa shape index (κ2) is 7.70. The van der Waals surface area contributed by atoms with Crippen molar-refractivity contribution >= 4 is 22.6 Å². The first-order chi connectivity index (χ1) is 16.3. The number of nitriles is 1. The van der Waals surface area contributed by atoms with Gasteiger partial charge in [0.15, 0.2) is 17.1 Å². The Kier molecular flexibility index (Phi) is 4.79. The zero-order chi connectivity index (χ0) is 24.0. The van der Waals surface area contributed by atoms with Gasteiger partial charge in [0.25, 0.3) is 5.56 Å². The van der Waals surface area contributed by atoms with Crippen LogP contribution in [0.1, 0.15) is 5.56 Å². The fourth-order valence-corrected chi connectivity index (χ4v) is 3.57. The lowest BCUT2D eigenvalue weighted by Gasteiger charge is -2.18. The molecule has 0 N–H and O–H groups in total. The Bertz CT molecular complexity index is 1550. The maximum atomic E-state index is 13.3. The molecule has 0 saturated carbocycles. The standard InChI is InChI=1S/C23H14F2N4O5/c1-28(15-5-6-17-18(10-15)34-23(24,25)33-17)19(30)12-29-22(31)16-7-8-32-21(16)20(27-29)14-4-2-3-13(9-14)11-26/h2-10H,12H2,1H3. The van der Waals surface area contributed by atoms with Gasteiger partial charge >= 0.3 is 6.29 Å². The molecule has 0 atom stereocenters. The molecule has 1 aliphatic rings. The first-order valence-electron chi connectivity index (χ1n) is 9.91. The van der Waals surface area contributed by atoms with Gasteiger partial charge in [-0.2, -0.15) is 10.4 Å². The normalized spacial score (nSPS) is 13.6. The highest BCUT2D eigenvalue weighted by molar-refractivity contribution is 5.94. The number of ether oxygens (including phenoxy) is 2. The summed E-state index contributed by atoms with van der Waals surface area (Å²) in [5.41, 5.74) is 1.15. The van der Waals surface area contributed by atoms with Gasteiger partial charge in [0, 0.05) is 24.4 Å². The molecule has 11 heteroatoms. The van der Waals surface area contributed by atoms with Crippen molar-refractivity contribution in [1.29, 1.82) is 5.26 Å². The molecule has 0 radical (unpaired) electrons. The van der Waals surface area contributed by atoms with E-state index in [1.54, 1.807) is 24.3 Å². The maximum absolute atomic E-state index is 13.3. The van der Waals surface area contributed by atoms with Crippen molar-refractivity contribution in [3.8, 4) is 28.8 Å². The van der Waals surface area contributed by atoms with Crippen molar-refractivity contribution in [1.82, 2.24) is 9.78 Å². The highest BCUT2D eigenvalue weighted by atomic mass is 19.3. The second-order valence-corrected chi connectivity index (χ2v) is 7.42. The predicted molar refractivity (Wildman–Crippen MR) is 114 cm³/mol. The Morgan fingerprint density at radius 3 is 2.76 bits per heavy atom. The third-order valence-corrected chi connectivity index (χ3v) is 5.26.